The minimum atomic E-state index is -0.601. The summed E-state index contributed by atoms with van der Waals surface area (Å²) < 4.78 is 5.26. The van der Waals surface area contributed by atoms with Crippen LogP contribution in [0.2, 0.25) is 0 Å². The summed E-state index contributed by atoms with van der Waals surface area (Å²) in [6.45, 7) is 3.53. The van der Waals surface area contributed by atoms with Crippen molar-refractivity contribution in [2.24, 2.45) is 0 Å². The van der Waals surface area contributed by atoms with Gasteiger partial charge in [-0.3, -0.25) is 0 Å². The molecule has 1 aromatic carbocycles. The topological polar surface area (TPSA) is 70.0 Å². The third kappa shape index (κ3) is 2.73. The van der Waals surface area contributed by atoms with E-state index in [-0.39, 0.29) is 0 Å². The van der Waals surface area contributed by atoms with Gasteiger partial charge in [-0.1, -0.05) is 6.07 Å². The van der Waals surface area contributed by atoms with E-state index in [0.29, 0.717) is 10.8 Å². The summed E-state index contributed by atoms with van der Waals surface area (Å²) in [5, 5.41) is 19.1. The number of rotatable bonds is 3. The van der Waals surface area contributed by atoms with Gasteiger partial charge in [0.05, 0.1) is 23.4 Å². The molecule has 2 rings (SSSR count). The Kier molecular flexibility index (Phi) is 3.70. The number of oxazole rings is 1. The van der Waals surface area contributed by atoms with Gasteiger partial charge in [0.25, 0.3) is 5.22 Å². The first-order valence-corrected chi connectivity index (χ1v) is 6.24. The van der Waals surface area contributed by atoms with Gasteiger partial charge in [-0.2, -0.15) is 5.26 Å². The van der Waals surface area contributed by atoms with E-state index in [1.165, 1.54) is 11.8 Å². The van der Waals surface area contributed by atoms with Gasteiger partial charge in [-0.15, -0.1) is 0 Å². The average molecular weight is 260 g/mol. The second-order valence-corrected chi connectivity index (χ2v) is 4.89. The summed E-state index contributed by atoms with van der Waals surface area (Å²) >= 11 is 1.30. The number of benzene rings is 1. The van der Waals surface area contributed by atoms with Gasteiger partial charge in [-0.05, 0) is 43.3 Å². The molecule has 0 fully saturated rings. The maximum absolute atomic E-state index is 9.70. The average Bonchev–Trinajstić information content (AvgIpc) is 2.74. The summed E-state index contributed by atoms with van der Waals surface area (Å²) in [6.07, 6.45) is 0.967. The molecule has 0 unspecified atom stereocenters. The fourth-order valence-corrected chi connectivity index (χ4v) is 2.53. The molecule has 0 aliphatic heterocycles. The van der Waals surface area contributed by atoms with Gasteiger partial charge in [0.15, 0.2) is 0 Å². The number of hydrogen-bond donors (Lipinski definition) is 1. The molecule has 0 bridgehead atoms. The van der Waals surface area contributed by atoms with E-state index in [0.717, 1.165) is 16.2 Å². The molecule has 0 amide bonds. The molecule has 92 valence electrons. The van der Waals surface area contributed by atoms with Crippen LogP contribution in [0.1, 0.15) is 29.8 Å². The number of nitriles is 1. The second kappa shape index (κ2) is 5.25. The van der Waals surface area contributed by atoms with Crippen molar-refractivity contribution in [1.82, 2.24) is 4.98 Å². The minimum Gasteiger partial charge on any atom is -0.439 e. The molecule has 4 nitrogen and oxygen atoms in total. The Bertz CT molecular complexity index is 599. The highest BCUT2D eigenvalue weighted by molar-refractivity contribution is 7.99. The summed E-state index contributed by atoms with van der Waals surface area (Å²) in [4.78, 5) is 4.98. The molecule has 5 heteroatoms. The molecule has 0 saturated carbocycles. The third-order valence-corrected chi connectivity index (χ3v) is 3.32. The van der Waals surface area contributed by atoms with Crippen LogP contribution < -0.4 is 0 Å². The zero-order valence-corrected chi connectivity index (χ0v) is 10.9. The highest BCUT2D eigenvalue weighted by Crippen LogP contribution is 2.33. The Hall–Kier alpha value is -1.77. The lowest BCUT2D eigenvalue weighted by Crippen LogP contribution is -1.94. The first-order valence-electron chi connectivity index (χ1n) is 5.42. The smallest absolute Gasteiger partial charge is 0.260 e. The number of aliphatic hydroxyl groups excluding tert-OH is 1. The Labute approximate surface area is 109 Å². The van der Waals surface area contributed by atoms with Crippen LogP contribution in [0.25, 0.3) is 0 Å². The fraction of sp³-hybridized carbons (Fsp3) is 0.231. The maximum Gasteiger partial charge on any atom is 0.260 e. The van der Waals surface area contributed by atoms with Gasteiger partial charge in [0.1, 0.15) is 6.26 Å². The molecule has 0 saturated heterocycles. The summed E-state index contributed by atoms with van der Waals surface area (Å²) in [5.41, 5.74) is 2.10. The van der Waals surface area contributed by atoms with Gasteiger partial charge < -0.3 is 9.52 Å². The molecule has 1 N–H and O–H groups in total. The molecule has 0 radical (unpaired) electrons. The van der Waals surface area contributed by atoms with Crippen molar-refractivity contribution in [2.45, 2.75) is 30.1 Å². The number of hydrogen-bond acceptors (Lipinski definition) is 5. The molecule has 18 heavy (non-hydrogen) atoms. The summed E-state index contributed by atoms with van der Waals surface area (Å²) in [6, 6.07) is 7.25. The van der Waals surface area contributed by atoms with Crippen molar-refractivity contribution in [3.63, 3.8) is 0 Å². The van der Waals surface area contributed by atoms with Crippen LogP contribution in [-0.4, -0.2) is 10.1 Å². The fourth-order valence-electron chi connectivity index (χ4n) is 1.51. The van der Waals surface area contributed by atoms with E-state index in [2.05, 4.69) is 11.1 Å². The predicted octanol–water partition coefficient (Wildman–Crippen LogP) is 3.06. The highest BCUT2D eigenvalue weighted by Gasteiger charge is 2.12. The van der Waals surface area contributed by atoms with Crippen molar-refractivity contribution in [3.8, 4) is 6.07 Å². The molecular formula is C13H12N2O2S. The lowest BCUT2D eigenvalue weighted by atomic mass is 10.1. The number of aliphatic hydroxyl groups is 1. The normalized spacial score (nSPS) is 12.1. The van der Waals surface area contributed by atoms with Crippen LogP contribution in [0.15, 0.2) is 39.0 Å². The zero-order valence-electron chi connectivity index (χ0n) is 10.0. The quantitative estimate of drug-likeness (QED) is 0.918. The number of nitrogens with zero attached hydrogens (tertiary/aromatic N) is 2. The van der Waals surface area contributed by atoms with Crippen molar-refractivity contribution >= 4 is 11.8 Å². The Morgan fingerprint density at radius 1 is 1.50 bits per heavy atom. The van der Waals surface area contributed by atoms with Crippen LogP contribution in [0.4, 0.5) is 0 Å². The first-order chi connectivity index (χ1) is 8.60. The van der Waals surface area contributed by atoms with E-state index >= 15 is 0 Å². The van der Waals surface area contributed by atoms with Crippen LogP contribution >= 0.6 is 11.8 Å². The molecule has 0 aliphatic rings. The second-order valence-electron chi connectivity index (χ2n) is 3.90. The largest absolute Gasteiger partial charge is 0.439 e. The maximum atomic E-state index is 9.70. The van der Waals surface area contributed by atoms with Crippen molar-refractivity contribution < 1.29 is 9.52 Å². The van der Waals surface area contributed by atoms with Crippen molar-refractivity contribution in [3.05, 3.63) is 41.3 Å². The van der Waals surface area contributed by atoms with Crippen LogP contribution in [0.5, 0.6) is 0 Å². The Balaban J connectivity index is 2.38. The third-order valence-electron chi connectivity index (χ3n) is 2.39. The van der Waals surface area contributed by atoms with E-state index in [4.69, 9.17) is 9.68 Å². The van der Waals surface area contributed by atoms with E-state index in [1.807, 2.05) is 6.92 Å². The Morgan fingerprint density at radius 3 is 2.83 bits per heavy atom. The van der Waals surface area contributed by atoms with Crippen molar-refractivity contribution in [2.75, 3.05) is 0 Å². The van der Waals surface area contributed by atoms with Crippen LogP contribution in [-0.2, 0) is 0 Å². The minimum absolute atomic E-state index is 0.504. The predicted molar refractivity (Wildman–Crippen MR) is 67.2 cm³/mol. The van der Waals surface area contributed by atoms with Gasteiger partial charge in [0, 0.05) is 4.90 Å². The van der Waals surface area contributed by atoms with Gasteiger partial charge in [0.2, 0.25) is 0 Å². The molecule has 1 atom stereocenters. The van der Waals surface area contributed by atoms with Crippen LogP contribution in [0, 0.1) is 18.3 Å². The van der Waals surface area contributed by atoms with E-state index in [9.17, 15) is 5.11 Å². The molecule has 0 aliphatic carbocycles. The number of aryl methyl sites for hydroxylation is 1. The SMILES string of the molecule is Cc1coc(Sc2cc(C#N)ccc2[C@@H](C)O)n1. The monoisotopic (exact) mass is 260 g/mol. The standard InChI is InChI=1S/C13H12N2O2S/c1-8-7-17-13(15-8)18-12-5-10(6-14)3-4-11(12)9(2)16/h3-5,7,9,16H,1-2H3/t9-/m1/s1. The lowest BCUT2D eigenvalue weighted by Gasteiger charge is -2.10. The molecule has 2 aromatic rings. The van der Waals surface area contributed by atoms with Crippen LogP contribution in [0.3, 0.4) is 0 Å². The molecular weight excluding hydrogens is 248 g/mol. The summed E-state index contributed by atoms with van der Waals surface area (Å²) in [5.74, 6) is 0. The molecule has 0 spiro atoms. The zero-order chi connectivity index (χ0) is 13.1. The lowest BCUT2D eigenvalue weighted by molar-refractivity contribution is 0.196. The molecule has 1 aromatic heterocycles. The number of aromatic nitrogens is 1. The van der Waals surface area contributed by atoms with E-state index < -0.39 is 6.10 Å². The van der Waals surface area contributed by atoms with Gasteiger partial charge in [-0.25, -0.2) is 4.98 Å². The summed E-state index contributed by atoms with van der Waals surface area (Å²) in [7, 11) is 0. The van der Waals surface area contributed by atoms with Gasteiger partial charge >= 0.3 is 0 Å². The van der Waals surface area contributed by atoms with Crippen molar-refractivity contribution in [1.29, 1.82) is 5.26 Å². The molecule has 1 heterocycles. The highest BCUT2D eigenvalue weighted by atomic mass is 32.2. The first kappa shape index (κ1) is 12.7. The Morgan fingerprint density at radius 2 is 2.28 bits per heavy atom. The van der Waals surface area contributed by atoms with E-state index in [1.54, 1.807) is 31.4 Å².